The van der Waals surface area contributed by atoms with Gasteiger partial charge in [-0.1, -0.05) is 0 Å². The summed E-state index contributed by atoms with van der Waals surface area (Å²) in [6.07, 6.45) is 7.74. The molecule has 0 N–H and O–H groups in total. The molecule has 22 heavy (non-hydrogen) atoms. The smallest absolute Gasteiger partial charge is 0.144 e. The van der Waals surface area contributed by atoms with Gasteiger partial charge < -0.3 is 9.80 Å². The lowest BCUT2D eigenvalue weighted by atomic mass is 10.1. The fraction of sp³-hybridized carbons (Fsp3) is 0.412. The predicted molar refractivity (Wildman–Crippen MR) is 84.7 cm³/mol. The van der Waals surface area contributed by atoms with Gasteiger partial charge in [-0.25, -0.2) is 9.37 Å². The molecule has 1 saturated heterocycles. The fourth-order valence-electron chi connectivity index (χ4n) is 3.07. The molecule has 2 aromatic rings. The first-order valence-corrected chi connectivity index (χ1v) is 7.78. The van der Waals surface area contributed by atoms with E-state index in [0.29, 0.717) is 11.5 Å². The number of aryl methyl sites for hydroxylation is 1. The van der Waals surface area contributed by atoms with Gasteiger partial charge in [0.25, 0.3) is 0 Å². The van der Waals surface area contributed by atoms with Crippen molar-refractivity contribution in [3.63, 3.8) is 0 Å². The molecule has 1 aliphatic carbocycles. The van der Waals surface area contributed by atoms with Crippen LogP contribution in [-0.4, -0.2) is 29.7 Å². The molecular weight excluding hydrogens is 279 g/mol. The Morgan fingerprint density at radius 1 is 1.18 bits per heavy atom. The average molecular weight is 298 g/mol. The lowest BCUT2D eigenvalue weighted by Gasteiger charge is -2.22. The van der Waals surface area contributed by atoms with Gasteiger partial charge in [0.15, 0.2) is 0 Å². The summed E-state index contributed by atoms with van der Waals surface area (Å²) in [6, 6.07) is 3.97. The second-order valence-electron chi connectivity index (χ2n) is 6.17. The predicted octanol–water partition coefficient (Wildman–Crippen LogP) is 3.09. The topological polar surface area (TPSA) is 32.3 Å². The first kappa shape index (κ1) is 13.5. The van der Waals surface area contributed by atoms with E-state index in [2.05, 4.69) is 25.8 Å². The number of hydrogen-bond donors (Lipinski definition) is 0. The van der Waals surface area contributed by atoms with Crippen LogP contribution in [0.3, 0.4) is 0 Å². The Labute approximate surface area is 129 Å². The van der Waals surface area contributed by atoms with Gasteiger partial charge in [0.05, 0.1) is 24.7 Å². The summed E-state index contributed by atoms with van der Waals surface area (Å²) < 4.78 is 13.4. The number of hydrogen-bond acceptors (Lipinski definition) is 4. The normalized spacial score (nSPS) is 18.1. The first-order chi connectivity index (χ1) is 10.7. The molecule has 1 saturated carbocycles. The molecule has 5 heteroatoms. The quantitative estimate of drug-likeness (QED) is 0.871. The number of nitrogens with zero attached hydrogens (tertiary/aromatic N) is 4. The van der Waals surface area contributed by atoms with Crippen LogP contribution < -0.4 is 9.80 Å². The van der Waals surface area contributed by atoms with Crippen molar-refractivity contribution in [1.82, 2.24) is 9.97 Å². The Morgan fingerprint density at radius 2 is 2.00 bits per heavy atom. The highest BCUT2D eigenvalue weighted by Crippen LogP contribution is 2.44. The molecule has 2 aliphatic rings. The van der Waals surface area contributed by atoms with Crippen LogP contribution in [0, 0.1) is 12.7 Å². The highest BCUT2D eigenvalue weighted by atomic mass is 19.1. The molecule has 2 fully saturated rings. The van der Waals surface area contributed by atoms with Gasteiger partial charge in [0, 0.05) is 19.3 Å². The van der Waals surface area contributed by atoms with Gasteiger partial charge in [-0.05, 0) is 48.9 Å². The third-order valence-corrected chi connectivity index (χ3v) is 4.53. The molecule has 4 nitrogen and oxygen atoms in total. The van der Waals surface area contributed by atoms with Crippen LogP contribution in [0.4, 0.5) is 15.9 Å². The number of pyridine rings is 2. The molecule has 0 bridgehead atoms. The van der Waals surface area contributed by atoms with Gasteiger partial charge in [-0.15, -0.1) is 0 Å². The summed E-state index contributed by atoms with van der Waals surface area (Å²) >= 11 is 0. The van der Waals surface area contributed by atoms with Crippen molar-refractivity contribution < 1.29 is 4.39 Å². The monoisotopic (exact) mass is 298 g/mol. The lowest BCUT2D eigenvalue weighted by Crippen LogP contribution is -2.26. The van der Waals surface area contributed by atoms with E-state index in [1.165, 1.54) is 30.3 Å². The molecule has 1 aliphatic heterocycles. The van der Waals surface area contributed by atoms with Gasteiger partial charge in [0.2, 0.25) is 0 Å². The van der Waals surface area contributed by atoms with Gasteiger partial charge in [-0.2, -0.15) is 0 Å². The zero-order valence-corrected chi connectivity index (χ0v) is 12.7. The zero-order chi connectivity index (χ0) is 15.1. The highest BCUT2D eigenvalue weighted by molar-refractivity contribution is 5.58. The third-order valence-electron chi connectivity index (χ3n) is 4.53. The van der Waals surface area contributed by atoms with Crippen molar-refractivity contribution in [2.45, 2.75) is 25.7 Å². The van der Waals surface area contributed by atoms with Crippen LogP contribution >= 0.6 is 0 Å². The largest absolute Gasteiger partial charge is 0.351 e. The van der Waals surface area contributed by atoms with E-state index in [1.54, 1.807) is 6.92 Å². The van der Waals surface area contributed by atoms with Crippen molar-refractivity contribution in [3.05, 3.63) is 47.7 Å². The maximum absolute atomic E-state index is 13.4. The standard InChI is InChI=1S/C17H19FN4/c1-12-8-17(20-9-15(12)18)22-7-6-21(11-22)16-10-19-5-4-14(16)13-2-3-13/h4-5,8-10,13H,2-3,6-7,11H2,1H3. The van der Waals surface area contributed by atoms with E-state index in [1.807, 2.05) is 18.5 Å². The Bertz CT molecular complexity index is 699. The number of halogens is 1. The molecule has 0 amide bonds. The number of rotatable bonds is 3. The highest BCUT2D eigenvalue weighted by Gasteiger charge is 2.30. The molecule has 4 rings (SSSR count). The van der Waals surface area contributed by atoms with Gasteiger partial charge >= 0.3 is 0 Å². The van der Waals surface area contributed by atoms with Gasteiger partial charge in [0.1, 0.15) is 11.6 Å². The second kappa shape index (κ2) is 5.23. The fourth-order valence-corrected chi connectivity index (χ4v) is 3.07. The van der Waals surface area contributed by atoms with E-state index in [9.17, 15) is 4.39 Å². The van der Waals surface area contributed by atoms with Crippen molar-refractivity contribution in [2.75, 3.05) is 29.6 Å². The van der Waals surface area contributed by atoms with Crippen molar-refractivity contribution in [2.24, 2.45) is 0 Å². The Morgan fingerprint density at radius 3 is 2.77 bits per heavy atom. The van der Waals surface area contributed by atoms with Crippen LogP contribution in [0.1, 0.15) is 29.9 Å². The van der Waals surface area contributed by atoms with Crippen molar-refractivity contribution in [1.29, 1.82) is 0 Å². The number of aromatic nitrogens is 2. The molecule has 3 heterocycles. The van der Waals surface area contributed by atoms with Crippen molar-refractivity contribution in [3.8, 4) is 0 Å². The summed E-state index contributed by atoms with van der Waals surface area (Å²) in [7, 11) is 0. The first-order valence-electron chi connectivity index (χ1n) is 7.78. The summed E-state index contributed by atoms with van der Waals surface area (Å²) in [5, 5.41) is 0. The minimum Gasteiger partial charge on any atom is -0.351 e. The SMILES string of the molecule is Cc1cc(N2CCN(c3cnccc3C3CC3)C2)ncc1F. The Hall–Kier alpha value is -2.17. The molecule has 0 atom stereocenters. The maximum atomic E-state index is 13.4. The molecule has 0 spiro atoms. The summed E-state index contributed by atoms with van der Waals surface area (Å²) in [5.74, 6) is 1.31. The van der Waals surface area contributed by atoms with E-state index >= 15 is 0 Å². The molecule has 114 valence electrons. The third kappa shape index (κ3) is 2.40. The average Bonchev–Trinajstić information content (AvgIpc) is 3.27. The minimum atomic E-state index is -0.247. The maximum Gasteiger partial charge on any atom is 0.144 e. The van der Waals surface area contributed by atoms with Crippen molar-refractivity contribution >= 4 is 11.5 Å². The van der Waals surface area contributed by atoms with E-state index in [0.717, 1.165) is 25.6 Å². The summed E-state index contributed by atoms with van der Waals surface area (Å²) in [5.41, 5.74) is 3.30. The minimum absolute atomic E-state index is 0.247. The Kier molecular flexibility index (Phi) is 3.21. The second-order valence-corrected chi connectivity index (χ2v) is 6.17. The molecular formula is C17H19FN4. The van der Waals surface area contributed by atoms with E-state index in [-0.39, 0.29) is 5.82 Å². The lowest BCUT2D eigenvalue weighted by molar-refractivity contribution is 0.611. The van der Waals surface area contributed by atoms with Crippen LogP contribution in [0.15, 0.2) is 30.7 Å². The van der Waals surface area contributed by atoms with Gasteiger partial charge in [-0.3, -0.25) is 4.98 Å². The number of anilines is 2. The van der Waals surface area contributed by atoms with Crippen LogP contribution in [0.5, 0.6) is 0 Å². The summed E-state index contributed by atoms with van der Waals surface area (Å²) in [4.78, 5) is 13.1. The zero-order valence-electron chi connectivity index (χ0n) is 12.7. The van der Waals surface area contributed by atoms with E-state index < -0.39 is 0 Å². The van der Waals surface area contributed by atoms with E-state index in [4.69, 9.17) is 0 Å². The van der Waals surface area contributed by atoms with Crippen LogP contribution in [0.2, 0.25) is 0 Å². The van der Waals surface area contributed by atoms with Crippen LogP contribution in [-0.2, 0) is 0 Å². The Balaban J connectivity index is 1.56. The molecule has 0 unspecified atom stereocenters. The molecule has 2 aromatic heterocycles. The summed E-state index contributed by atoms with van der Waals surface area (Å²) in [6.45, 7) is 4.41. The molecule has 0 aromatic carbocycles. The molecule has 0 radical (unpaired) electrons. The van der Waals surface area contributed by atoms with Crippen LogP contribution in [0.25, 0.3) is 0 Å².